The Morgan fingerprint density at radius 2 is 2.08 bits per heavy atom. The highest BCUT2D eigenvalue weighted by molar-refractivity contribution is 7.89. The van der Waals surface area contributed by atoms with Crippen LogP contribution in [-0.2, 0) is 21.2 Å². The van der Waals surface area contributed by atoms with Crippen LogP contribution >= 0.6 is 0 Å². The third-order valence-electron chi connectivity index (χ3n) is 3.52. The van der Waals surface area contributed by atoms with E-state index in [4.69, 9.17) is 0 Å². The molecular formula is C17H20FN3O3S. The van der Waals surface area contributed by atoms with Crippen molar-refractivity contribution in [1.82, 2.24) is 15.0 Å². The van der Waals surface area contributed by atoms with Gasteiger partial charge in [-0.2, -0.15) is 0 Å². The minimum atomic E-state index is -3.88. The van der Waals surface area contributed by atoms with E-state index in [9.17, 15) is 17.6 Å². The van der Waals surface area contributed by atoms with Crippen LogP contribution in [0.25, 0.3) is 0 Å². The Balaban J connectivity index is 1.90. The molecule has 0 aliphatic carbocycles. The first-order valence-corrected chi connectivity index (χ1v) is 9.20. The Kier molecular flexibility index (Phi) is 6.22. The van der Waals surface area contributed by atoms with Crippen molar-refractivity contribution in [2.45, 2.75) is 31.2 Å². The van der Waals surface area contributed by atoms with Crippen LogP contribution in [0.4, 0.5) is 4.39 Å². The molecule has 1 atom stereocenters. The molecule has 0 saturated heterocycles. The maximum absolute atomic E-state index is 13.1. The maximum Gasteiger partial charge on any atom is 0.241 e. The average molecular weight is 365 g/mol. The number of carbonyl (C=O) groups is 1. The van der Waals surface area contributed by atoms with Crippen molar-refractivity contribution < 1.29 is 17.6 Å². The highest BCUT2D eigenvalue weighted by Gasteiger charge is 2.18. The highest BCUT2D eigenvalue weighted by Crippen LogP contribution is 2.15. The number of benzene rings is 1. The summed E-state index contributed by atoms with van der Waals surface area (Å²) < 4.78 is 39.8. The lowest BCUT2D eigenvalue weighted by Gasteiger charge is -2.14. The topological polar surface area (TPSA) is 88.2 Å². The van der Waals surface area contributed by atoms with E-state index in [0.29, 0.717) is 6.42 Å². The molecule has 0 unspecified atom stereocenters. The number of nitrogens with zero attached hydrogens (tertiary/aromatic N) is 1. The molecule has 8 heteroatoms. The largest absolute Gasteiger partial charge is 0.352 e. The second-order valence-electron chi connectivity index (χ2n) is 5.77. The number of hydrogen-bond acceptors (Lipinski definition) is 4. The van der Waals surface area contributed by atoms with Crippen molar-refractivity contribution >= 4 is 15.9 Å². The van der Waals surface area contributed by atoms with Crippen LogP contribution < -0.4 is 10.0 Å². The van der Waals surface area contributed by atoms with Crippen molar-refractivity contribution in [3.05, 3.63) is 59.7 Å². The molecule has 0 fully saturated rings. The number of nitrogens with one attached hydrogen (secondary N) is 2. The molecule has 25 heavy (non-hydrogen) atoms. The lowest BCUT2D eigenvalue weighted by molar-refractivity contribution is -0.120. The molecule has 0 bridgehead atoms. The van der Waals surface area contributed by atoms with Crippen LogP contribution in [0.1, 0.15) is 18.1 Å². The lowest BCUT2D eigenvalue weighted by atomic mass is 10.1. The van der Waals surface area contributed by atoms with Crippen molar-refractivity contribution in [3.8, 4) is 0 Å². The molecule has 0 radical (unpaired) electrons. The van der Waals surface area contributed by atoms with E-state index >= 15 is 0 Å². The Bertz CT molecular complexity index is 841. The summed E-state index contributed by atoms with van der Waals surface area (Å²) in [7, 11) is -3.88. The number of sulfonamides is 1. The standard InChI is InChI=1S/C17H20FN3O3S/c1-12-8-15(18)5-6-16(12)25(23,24)20-11-17(22)21-13(2)9-14-4-3-7-19-10-14/h3-8,10,13,20H,9,11H2,1-2H3,(H,21,22)/t13-/m0/s1. The van der Waals surface area contributed by atoms with Gasteiger partial charge in [0, 0.05) is 18.4 Å². The number of hydrogen-bond donors (Lipinski definition) is 2. The Morgan fingerprint density at radius 1 is 1.32 bits per heavy atom. The van der Waals surface area contributed by atoms with Gasteiger partial charge in [0.25, 0.3) is 0 Å². The van der Waals surface area contributed by atoms with Gasteiger partial charge in [-0.1, -0.05) is 6.07 Å². The molecular weight excluding hydrogens is 345 g/mol. The SMILES string of the molecule is Cc1cc(F)ccc1S(=O)(=O)NCC(=O)N[C@@H](C)Cc1cccnc1. The van der Waals surface area contributed by atoms with Crippen LogP contribution in [0, 0.1) is 12.7 Å². The molecule has 6 nitrogen and oxygen atoms in total. The van der Waals surface area contributed by atoms with Gasteiger partial charge in [0.2, 0.25) is 15.9 Å². The number of halogens is 1. The minimum absolute atomic E-state index is 0.0508. The summed E-state index contributed by atoms with van der Waals surface area (Å²) in [6.45, 7) is 2.92. The molecule has 1 amide bonds. The summed E-state index contributed by atoms with van der Waals surface area (Å²) in [6, 6.07) is 6.91. The summed E-state index contributed by atoms with van der Waals surface area (Å²) >= 11 is 0. The molecule has 0 aliphatic heterocycles. The van der Waals surface area contributed by atoms with E-state index in [-0.39, 0.29) is 16.5 Å². The number of aromatic nitrogens is 1. The Labute approximate surface area is 146 Å². The van der Waals surface area contributed by atoms with Gasteiger partial charge in [0.1, 0.15) is 5.82 Å². The molecule has 1 heterocycles. The number of aryl methyl sites for hydroxylation is 1. The summed E-state index contributed by atoms with van der Waals surface area (Å²) in [5.74, 6) is -0.960. The van der Waals surface area contributed by atoms with Crippen molar-refractivity contribution in [2.24, 2.45) is 0 Å². The van der Waals surface area contributed by atoms with E-state index in [1.54, 1.807) is 12.4 Å². The van der Waals surface area contributed by atoms with Gasteiger partial charge in [-0.25, -0.2) is 17.5 Å². The summed E-state index contributed by atoms with van der Waals surface area (Å²) in [5, 5.41) is 2.72. The van der Waals surface area contributed by atoms with E-state index < -0.39 is 28.3 Å². The molecule has 2 aromatic rings. The summed E-state index contributed by atoms with van der Waals surface area (Å²) in [4.78, 5) is 15.9. The van der Waals surface area contributed by atoms with Crippen LogP contribution in [-0.4, -0.2) is 31.9 Å². The molecule has 1 aromatic carbocycles. The fourth-order valence-corrected chi connectivity index (χ4v) is 3.61. The highest BCUT2D eigenvalue weighted by atomic mass is 32.2. The fourth-order valence-electron chi connectivity index (χ4n) is 2.40. The predicted molar refractivity (Wildman–Crippen MR) is 91.9 cm³/mol. The van der Waals surface area contributed by atoms with Gasteiger partial charge in [0.15, 0.2) is 0 Å². The molecule has 0 spiro atoms. The second kappa shape index (κ2) is 8.17. The second-order valence-corrected chi connectivity index (χ2v) is 7.50. The zero-order valence-electron chi connectivity index (χ0n) is 14.0. The van der Waals surface area contributed by atoms with Gasteiger partial charge < -0.3 is 5.32 Å². The molecule has 0 saturated carbocycles. The normalized spacial score (nSPS) is 12.6. The van der Waals surface area contributed by atoms with Crippen molar-refractivity contribution in [1.29, 1.82) is 0 Å². The molecule has 2 rings (SSSR count). The first-order valence-electron chi connectivity index (χ1n) is 7.72. The summed E-state index contributed by atoms with van der Waals surface area (Å²) in [5.41, 5.74) is 1.25. The van der Waals surface area contributed by atoms with Crippen LogP contribution in [0.15, 0.2) is 47.6 Å². The number of pyridine rings is 1. The van der Waals surface area contributed by atoms with E-state index in [1.807, 2.05) is 19.1 Å². The van der Waals surface area contributed by atoms with Crippen LogP contribution in [0.5, 0.6) is 0 Å². The predicted octanol–water partition coefficient (Wildman–Crippen LogP) is 1.55. The third-order valence-corrected chi connectivity index (χ3v) is 5.08. The maximum atomic E-state index is 13.1. The molecule has 0 aliphatic rings. The first kappa shape index (κ1) is 19.0. The van der Waals surface area contributed by atoms with Gasteiger partial charge in [-0.05, 0) is 55.7 Å². The molecule has 1 aromatic heterocycles. The van der Waals surface area contributed by atoms with E-state index in [2.05, 4.69) is 15.0 Å². The smallest absolute Gasteiger partial charge is 0.241 e. The fraction of sp³-hybridized carbons (Fsp3) is 0.294. The zero-order chi connectivity index (χ0) is 18.4. The monoisotopic (exact) mass is 365 g/mol. The molecule has 2 N–H and O–H groups in total. The number of amides is 1. The quantitative estimate of drug-likeness (QED) is 0.779. The minimum Gasteiger partial charge on any atom is -0.352 e. The van der Waals surface area contributed by atoms with Crippen molar-refractivity contribution in [2.75, 3.05) is 6.54 Å². The van der Waals surface area contributed by atoms with E-state index in [0.717, 1.165) is 17.7 Å². The van der Waals surface area contributed by atoms with Gasteiger partial charge in [-0.3, -0.25) is 9.78 Å². The third kappa shape index (κ3) is 5.61. The average Bonchev–Trinajstić information content (AvgIpc) is 2.53. The first-order chi connectivity index (χ1) is 11.8. The van der Waals surface area contributed by atoms with E-state index in [1.165, 1.54) is 13.0 Å². The van der Waals surface area contributed by atoms with Gasteiger partial charge >= 0.3 is 0 Å². The number of rotatable bonds is 7. The van der Waals surface area contributed by atoms with Gasteiger partial charge in [0.05, 0.1) is 11.4 Å². The number of carbonyl (C=O) groups excluding carboxylic acids is 1. The lowest BCUT2D eigenvalue weighted by Crippen LogP contribution is -2.41. The van der Waals surface area contributed by atoms with Crippen molar-refractivity contribution in [3.63, 3.8) is 0 Å². The molecule has 134 valence electrons. The van der Waals surface area contributed by atoms with Gasteiger partial charge in [-0.15, -0.1) is 0 Å². The van der Waals surface area contributed by atoms with Crippen LogP contribution in [0.3, 0.4) is 0 Å². The van der Waals surface area contributed by atoms with Crippen LogP contribution in [0.2, 0.25) is 0 Å². The zero-order valence-corrected chi connectivity index (χ0v) is 14.8. The summed E-state index contributed by atoms with van der Waals surface area (Å²) in [6.07, 6.45) is 3.96. The Hall–Kier alpha value is -2.32. The Morgan fingerprint density at radius 3 is 2.72 bits per heavy atom.